The van der Waals surface area contributed by atoms with Gasteiger partial charge in [0.15, 0.2) is 0 Å². The van der Waals surface area contributed by atoms with Crippen molar-refractivity contribution in [2.24, 2.45) is 0 Å². The third-order valence-electron chi connectivity index (χ3n) is 5.87. The molecule has 1 atom stereocenters. The van der Waals surface area contributed by atoms with E-state index in [4.69, 9.17) is 9.84 Å². The Labute approximate surface area is 214 Å². The van der Waals surface area contributed by atoms with Gasteiger partial charge in [0.05, 0.1) is 29.0 Å². The summed E-state index contributed by atoms with van der Waals surface area (Å²) in [5, 5.41) is 9.99. The zero-order chi connectivity index (χ0) is 25.2. The Kier molecular flexibility index (Phi) is 7.68. The van der Waals surface area contributed by atoms with Crippen LogP contribution in [0.15, 0.2) is 41.8 Å². The molecule has 0 spiro atoms. The summed E-state index contributed by atoms with van der Waals surface area (Å²) in [5.74, 6) is 0.627. The van der Waals surface area contributed by atoms with E-state index in [1.165, 1.54) is 4.88 Å². The van der Waals surface area contributed by atoms with Gasteiger partial charge in [-0.15, -0.1) is 23.1 Å². The highest BCUT2D eigenvalue weighted by Crippen LogP contribution is 2.49. The summed E-state index contributed by atoms with van der Waals surface area (Å²) in [6.45, 7) is 9.19. The smallest absolute Gasteiger partial charge is 0.240 e. The summed E-state index contributed by atoms with van der Waals surface area (Å²) < 4.78 is 6.93. The van der Waals surface area contributed by atoms with E-state index in [0.29, 0.717) is 19.0 Å². The maximum Gasteiger partial charge on any atom is 0.240 e. The minimum Gasteiger partial charge on any atom is -0.383 e. The summed E-state index contributed by atoms with van der Waals surface area (Å²) in [7, 11) is 1.59. The molecule has 186 valence electrons. The van der Waals surface area contributed by atoms with Crippen LogP contribution in [0.2, 0.25) is 0 Å². The Morgan fingerprint density at radius 3 is 2.66 bits per heavy atom. The van der Waals surface area contributed by atoms with Crippen LogP contribution in [0.4, 0.5) is 5.82 Å². The van der Waals surface area contributed by atoms with Gasteiger partial charge in [-0.1, -0.05) is 45.0 Å². The topological polar surface area (TPSA) is 76.5 Å². The number of carbonyl (C=O) groups excluding carboxylic acids is 2. The summed E-state index contributed by atoms with van der Waals surface area (Å²) in [6, 6.07) is 12.2. The van der Waals surface area contributed by atoms with Crippen molar-refractivity contribution in [3.63, 3.8) is 0 Å². The van der Waals surface area contributed by atoms with E-state index in [2.05, 4.69) is 37.5 Å². The van der Waals surface area contributed by atoms with Crippen molar-refractivity contribution in [3.8, 4) is 5.69 Å². The lowest BCUT2D eigenvalue weighted by Gasteiger charge is -2.24. The van der Waals surface area contributed by atoms with Crippen molar-refractivity contribution in [2.75, 3.05) is 37.5 Å². The average Bonchev–Trinajstić information content (AvgIpc) is 3.44. The number of nitrogens with zero attached hydrogens (tertiary/aromatic N) is 3. The lowest BCUT2D eigenvalue weighted by atomic mass is 9.88. The fraction of sp³-hybridized carbons (Fsp3) is 0.423. The number of amides is 2. The van der Waals surface area contributed by atoms with E-state index in [1.54, 1.807) is 35.1 Å². The molecular weight excluding hydrogens is 480 g/mol. The van der Waals surface area contributed by atoms with Gasteiger partial charge in [-0.3, -0.25) is 14.5 Å². The number of benzene rings is 1. The van der Waals surface area contributed by atoms with Crippen LogP contribution in [-0.2, 0) is 19.7 Å². The zero-order valence-corrected chi connectivity index (χ0v) is 22.5. The van der Waals surface area contributed by atoms with Gasteiger partial charge in [0.1, 0.15) is 12.4 Å². The van der Waals surface area contributed by atoms with E-state index in [1.807, 2.05) is 41.9 Å². The first-order chi connectivity index (χ1) is 16.7. The highest BCUT2D eigenvalue weighted by Gasteiger charge is 2.40. The van der Waals surface area contributed by atoms with Crippen LogP contribution in [0.3, 0.4) is 0 Å². The van der Waals surface area contributed by atoms with Gasteiger partial charge in [0.2, 0.25) is 11.8 Å². The molecule has 0 bridgehead atoms. The Morgan fingerprint density at radius 2 is 2.00 bits per heavy atom. The van der Waals surface area contributed by atoms with Crippen LogP contribution >= 0.6 is 23.1 Å². The van der Waals surface area contributed by atoms with Gasteiger partial charge in [0.25, 0.3) is 0 Å². The van der Waals surface area contributed by atoms with Crippen LogP contribution in [0.25, 0.3) is 5.69 Å². The van der Waals surface area contributed by atoms with Crippen molar-refractivity contribution >= 4 is 40.7 Å². The Hall–Kier alpha value is -2.62. The summed E-state index contributed by atoms with van der Waals surface area (Å²) in [6.07, 6.45) is 0. The SMILES string of the molecule is COCCNC(=O)CN1C(=O)CS[C@H](c2cccs2)c2c(C(C)(C)C)nn(-c3ccccc3C)c21. The molecule has 1 aliphatic heterocycles. The van der Waals surface area contributed by atoms with Crippen molar-refractivity contribution in [3.05, 3.63) is 63.5 Å². The number of aryl methyl sites for hydroxylation is 1. The van der Waals surface area contributed by atoms with E-state index < -0.39 is 0 Å². The maximum absolute atomic E-state index is 13.5. The number of carbonyl (C=O) groups is 2. The van der Waals surface area contributed by atoms with Crippen molar-refractivity contribution < 1.29 is 14.3 Å². The molecule has 1 aromatic carbocycles. The molecule has 35 heavy (non-hydrogen) atoms. The monoisotopic (exact) mass is 512 g/mol. The number of aromatic nitrogens is 2. The predicted molar refractivity (Wildman–Crippen MR) is 143 cm³/mol. The van der Waals surface area contributed by atoms with Crippen LogP contribution in [0.5, 0.6) is 0 Å². The second kappa shape index (κ2) is 10.6. The predicted octanol–water partition coefficient (Wildman–Crippen LogP) is 4.47. The molecule has 3 heterocycles. The first kappa shape index (κ1) is 25.5. The number of nitrogens with one attached hydrogen (secondary N) is 1. The van der Waals surface area contributed by atoms with Gasteiger partial charge >= 0.3 is 0 Å². The second-order valence-corrected chi connectivity index (χ2v) is 11.6. The molecule has 1 N–H and O–H groups in total. The summed E-state index contributed by atoms with van der Waals surface area (Å²) >= 11 is 3.28. The number of hydrogen-bond acceptors (Lipinski definition) is 6. The van der Waals surface area contributed by atoms with Crippen LogP contribution in [0, 0.1) is 6.92 Å². The summed E-state index contributed by atoms with van der Waals surface area (Å²) in [5.41, 5.74) is 3.60. The number of para-hydroxylation sites is 1. The molecule has 0 saturated heterocycles. The van der Waals surface area contributed by atoms with Gasteiger partial charge < -0.3 is 10.1 Å². The number of anilines is 1. The van der Waals surface area contributed by atoms with Gasteiger partial charge in [-0.05, 0) is 30.0 Å². The number of thiophene rings is 1. The third-order valence-corrected chi connectivity index (χ3v) is 8.20. The van der Waals surface area contributed by atoms with Crippen molar-refractivity contribution in [1.82, 2.24) is 15.1 Å². The number of ether oxygens (including phenoxy) is 1. The Balaban J connectivity index is 1.94. The molecule has 1 aliphatic rings. The van der Waals surface area contributed by atoms with E-state index in [0.717, 1.165) is 22.5 Å². The van der Waals surface area contributed by atoms with Crippen molar-refractivity contribution in [2.45, 2.75) is 38.4 Å². The molecule has 7 nitrogen and oxygen atoms in total. The molecule has 0 radical (unpaired) electrons. The first-order valence-electron chi connectivity index (χ1n) is 11.6. The largest absolute Gasteiger partial charge is 0.383 e. The standard InChI is InChI=1S/C26H32N4O3S2/c1-17-9-6-7-10-18(17)30-25-22(24(28-30)26(2,3)4)23(19-11-8-14-34-19)35-16-21(32)29(25)15-20(31)27-12-13-33-5/h6-11,14,23H,12-13,15-16H2,1-5H3,(H,27,31)/t23-/m1/s1. The molecule has 9 heteroatoms. The normalized spacial score (nSPS) is 16.2. The lowest BCUT2D eigenvalue weighted by Crippen LogP contribution is -2.43. The number of fused-ring (bicyclic) bond motifs is 1. The van der Waals surface area contributed by atoms with Crippen LogP contribution in [-0.4, -0.2) is 54.2 Å². The van der Waals surface area contributed by atoms with E-state index in [-0.39, 0.29) is 34.8 Å². The number of thioether (sulfide) groups is 1. The summed E-state index contributed by atoms with van der Waals surface area (Å²) in [4.78, 5) is 29.2. The molecule has 0 saturated carbocycles. The molecule has 0 fully saturated rings. The zero-order valence-electron chi connectivity index (χ0n) is 20.8. The quantitative estimate of drug-likeness (QED) is 0.473. The minimum absolute atomic E-state index is 0.0532. The van der Waals surface area contributed by atoms with Crippen LogP contribution in [0.1, 0.15) is 47.7 Å². The van der Waals surface area contributed by atoms with Gasteiger partial charge in [0, 0.05) is 29.5 Å². The number of hydrogen-bond donors (Lipinski definition) is 1. The molecule has 0 aliphatic carbocycles. The fourth-order valence-electron chi connectivity index (χ4n) is 4.20. The fourth-order valence-corrected chi connectivity index (χ4v) is 6.37. The Bertz CT molecular complexity index is 1200. The molecule has 2 aromatic heterocycles. The first-order valence-corrected chi connectivity index (χ1v) is 13.6. The molecule has 3 aromatic rings. The maximum atomic E-state index is 13.5. The highest BCUT2D eigenvalue weighted by molar-refractivity contribution is 8.00. The van der Waals surface area contributed by atoms with Crippen LogP contribution < -0.4 is 10.2 Å². The molecule has 2 amide bonds. The van der Waals surface area contributed by atoms with E-state index >= 15 is 0 Å². The average molecular weight is 513 g/mol. The molecular formula is C26H32N4O3S2. The third kappa shape index (κ3) is 5.32. The van der Waals surface area contributed by atoms with E-state index in [9.17, 15) is 9.59 Å². The molecule has 4 rings (SSSR count). The minimum atomic E-state index is -0.270. The number of methoxy groups -OCH3 is 1. The van der Waals surface area contributed by atoms with Gasteiger partial charge in [-0.25, -0.2) is 4.68 Å². The molecule has 0 unspecified atom stereocenters. The highest BCUT2D eigenvalue weighted by atomic mass is 32.2. The van der Waals surface area contributed by atoms with Gasteiger partial charge in [-0.2, -0.15) is 5.10 Å². The second-order valence-electron chi connectivity index (χ2n) is 9.56. The van der Waals surface area contributed by atoms with Crippen molar-refractivity contribution in [1.29, 1.82) is 0 Å². The number of rotatable bonds is 7. The Morgan fingerprint density at radius 1 is 1.23 bits per heavy atom. The lowest BCUT2D eigenvalue weighted by molar-refractivity contribution is -0.123.